The van der Waals surface area contributed by atoms with Crippen LogP contribution in [-0.4, -0.2) is 11.1 Å². The molecular formula is C14H14ClNO3. The third-order valence-electron chi connectivity index (χ3n) is 2.83. The fraction of sp³-hybridized carbons (Fsp3) is 0.214. The number of furan rings is 1. The Kier molecular flexibility index (Phi) is 3.81. The van der Waals surface area contributed by atoms with Crippen LogP contribution in [0.15, 0.2) is 28.7 Å². The Balaban J connectivity index is 2.12. The second-order valence-corrected chi connectivity index (χ2v) is 4.74. The highest BCUT2D eigenvalue weighted by atomic mass is 35.5. The molecule has 4 nitrogen and oxygen atoms in total. The number of carbonyl (C=O) groups is 1. The van der Waals surface area contributed by atoms with Gasteiger partial charge in [0.1, 0.15) is 5.76 Å². The summed E-state index contributed by atoms with van der Waals surface area (Å²) >= 11 is 6.11. The van der Waals surface area contributed by atoms with Crippen molar-refractivity contribution in [3.8, 4) is 0 Å². The third-order valence-corrected chi connectivity index (χ3v) is 3.14. The standard InChI is InChI=1S/C14H14ClNO3/c1-8-3-4-12(11(15)5-8)16-7-10-6-13(14(17)18)19-9(10)2/h3-6,16H,7H2,1-2H3,(H,17,18). The highest BCUT2D eigenvalue weighted by Gasteiger charge is 2.13. The summed E-state index contributed by atoms with van der Waals surface area (Å²) in [5.41, 5.74) is 2.70. The maximum atomic E-state index is 10.8. The first-order valence-corrected chi connectivity index (χ1v) is 6.18. The van der Waals surface area contributed by atoms with Gasteiger partial charge in [0, 0.05) is 12.1 Å². The van der Waals surface area contributed by atoms with E-state index in [0.717, 1.165) is 16.8 Å². The number of aryl methyl sites for hydroxylation is 2. The van der Waals surface area contributed by atoms with E-state index in [0.29, 0.717) is 17.3 Å². The monoisotopic (exact) mass is 279 g/mol. The van der Waals surface area contributed by atoms with E-state index >= 15 is 0 Å². The van der Waals surface area contributed by atoms with Gasteiger partial charge in [0.15, 0.2) is 0 Å². The van der Waals surface area contributed by atoms with Gasteiger partial charge >= 0.3 is 5.97 Å². The van der Waals surface area contributed by atoms with E-state index in [2.05, 4.69) is 5.32 Å². The smallest absolute Gasteiger partial charge is 0.371 e. The molecule has 0 atom stereocenters. The number of hydrogen-bond donors (Lipinski definition) is 2. The molecule has 0 spiro atoms. The Morgan fingerprint density at radius 2 is 2.11 bits per heavy atom. The maximum absolute atomic E-state index is 10.8. The van der Waals surface area contributed by atoms with Crippen molar-refractivity contribution in [1.29, 1.82) is 0 Å². The molecule has 1 aromatic carbocycles. The molecule has 19 heavy (non-hydrogen) atoms. The lowest BCUT2D eigenvalue weighted by Gasteiger charge is -2.08. The Morgan fingerprint density at radius 3 is 2.68 bits per heavy atom. The van der Waals surface area contributed by atoms with Crippen LogP contribution in [0.3, 0.4) is 0 Å². The molecule has 0 aliphatic rings. The Bertz CT molecular complexity index is 619. The van der Waals surface area contributed by atoms with Crippen molar-refractivity contribution < 1.29 is 14.3 Å². The van der Waals surface area contributed by atoms with Gasteiger partial charge in [0.2, 0.25) is 5.76 Å². The first-order chi connectivity index (χ1) is 8.97. The predicted molar refractivity (Wildman–Crippen MR) is 73.9 cm³/mol. The van der Waals surface area contributed by atoms with Gasteiger partial charge in [-0.05, 0) is 37.6 Å². The van der Waals surface area contributed by atoms with Crippen LogP contribution in [0.25, 0.3) is 0 Å². The summed E-state index contributed by atoms with van der Waals surface area (Å²) in [6, 6.07) is 7.24. The van der Waals surface area contributed by atoms with Gasteiger partial charge in [-0.25, -0.2) is 4.79 Å². The van der Waals surface area contributed by atoms with Crippen molar-refractivity contribution in [1.82, 2.24) is 0 Å². The molecule has 2 aromatic rings. The summed E-state index contributed by atoms with van der Waals surface area (Å²) in [7, 11) is 0. The first kappa shape index (κ1) is 13.5. The first-order valence-electron chi connectivity index (χ1n) is 5.80. The molecule has 2 N–H and O–H groups in total. The number of halogens is 1. The van der Waals surface area contributed by atoms with Crippen LogP contribution < -0.4 is 5.32 Å². The summed E-state index contributed by atoms with van der Waals surface area (Å²) in [4.78, 5) is 10.8. The number of benzene rings is 1. The average molecular weight is 280 g/mol. The quantitative estimate of drug-likeness (QED) is 0.892. The van der Waals surface area contributed by atoms with Gasteiger partial charge in [0.25, 0.3) is 0 Å². The molecule has 0 fully saturated rings. The topological polar surface area (TPSA) is 62.5 Å². The van der Waals surface area contributed by atoms with Gasteiger partial charge in [-0.15, -0.1) is 0 Å². The minimum Gasteiger partial charge on any atom is -0.475 e. The van der Waals surface area contributed by atoms with Crippen molar-refractivity contribution in [2.45, 2.75) is 20.4 Å². The number of carboxylic acid groups (broad SMARTS) is 1. The maximum Gasteiger partial charge on any atom is 0.371 e. The molecule has 1 aromatic heterocycles. The van der Waals surface area contributed by atoms with Gasteiger partial charge in [-0.2, -0.15) is 0 Å². The van der Waals surface area contributed by atoms with Crippen LogP contribution >= 0.6 is 11.6 Å². The van der Waals surface area contributed by atoms with E-state index in [4.69, 9.17) is 21.1 Å². The summed E-state index contributed by atoms with van der Waals surface area (Å²) in [6.45, 7) is 4.17. The summed E-state index contributed by atoms with van der Waals surface area (Å²) in [5, 5.41) is 12.7. The lowest BCUT2D eigenvalue weighted by Crippen LogP contribution is -2.00. The predicted octanol–water partition coefficient (Wildman–Crippen LogP) is 3.86. The molecule has 0 saturated heterocycles. The number of nitrogens with one attached hydrogen (secondary N) is 1. The van der Waals surface area contributed by atoms with Gasteiger partial charge < -0.3 is 14.8 Å². The molecule has 2 rings (SSSR count). The van der Waals surface area contributed by atoms with Gasteiger partial charge in [-0.3, -0.25) is 0 Å². The summed E-state index contributed by atoms with van der Waals surface area (Å²) < 4.78 is 5.14. The largest absolute Gasteiger partial charge is 0.475 e. The molecule has 0 radical (unpaired) electrons. The second kappa shape index (κ2) is 5.36. The van der Waals surface area contributed by atoms with Crippen LogP contribution in [0.2, 0.25) is 5.02 Å². The highest BCUT2D eigenvalue weighted by molar-refractivity contribution is 6.33. The zero-order valence-corrected chi connectivity index (χ0v) is 11.4. The molecule has 0 amide bonds. The Hall–Kier alpha value is -1.94. The number of carboxylic acids is 1. The van der Waals surface area contributed by atoms with E-state index in [-0.39, 0.29) is 5.76 Å². The molecule has 0 unspecified atom stereocenters. The van der Waals surface area contributed by atoms with Crippen LogP contribution in [0.4, 0.5) is 5.69 Å². The van der Waals surface area contributed by atoms with Crippen molar-refractivity contribution >= 4 is 23.3 Å². The molecule has 0 aliphatic heterocycles. The number of anilines is 1. The van der Waals surface area contributed by atoms with E-state index in [1.165, 1.54) is 6.07 Å². The van der Waals surface area contributed by atoms with Crippen LogP contribution in [0.1, 0.15) is 27.4 Å². The zero-order valence-electron chi connectivity index (χ0n) is 10.7. The van der Waals surface area contributed by atoms with Gasteiger partial charge in [0.05, 0.1) is 10.7 Å². The van der Waals surface area contributed by atoms with Crippen molar-refractivity contribution in [2.24, 2.45) is 0 Å². The van der Waals surface area contributed by atoms with Crippen molar-refractivity contribution in [3.05, 3.63) is 51.9 Å². The van der Waals surface area contributed by atoms with E-state index in [1.54, 1.807) is 6.92 Å². The average Bonchev–Trinajstić information content (AvgIpc) is 2.70. The Morgan fingerprint density at radius 1 is 1.37 bits per heavy atom. The minimum absolute atomic E-state index is 0.0516. The third kappa shape index (κ3) is 3.09. The molecule has 100 valence electrons. The van der Waals surface area contributed by atoms with Crippen LogP contribution in [-0.2, 0) is 6.54 Å². The molecule has 1 heterocycles. The normalized spacial score (nSPS) is 10.5. The number of rotatable bonds is 4. The lowest BCUT2D eigenvalue weighted by atomic mass is 10.2. The van der Waals surface area contributed by atoms with Crippen molar-refractivity contribution in [3.63, 3.8) is 0 Å². The molecule has 0 aliphatic carbocycles. The molecular weight excluding hydrogens is 266 g/mol. The highest BCUT2D eigenvalue weighted by Crippen LogP contribution is 2.24. The fourth-order valence-electron chi connectivity index (χ4n) is 1.75. The lowest BCUT2D eigenvalue weighted by molar-refractivity contribution is 0.0661. The fourth-order valence-corrected chi connectivity index (χ4v) is 2.06. The SMILES string of the molecule is Cc1ccc(NCc2cc(C(=O)O)oc2C)c(Cl)c1. The summed E-state index contributed by atoms with van der Waals surface area (Å²) in [6.07, 6.45) is 0. The number of aromatic carboxylic acids is 1. The van der Waals surface area contributed by atoms with Crippen LogP contribution in [0, 0.1) is 13.8 Å². The van der Waals surface area contributed by atoms with E-state index in [9.17, 15) is 4.79 Å². The van der Waals surface area contributed by atoms with Crippen LogP contribution in [0.5, 0.6) is 0 Å². The number of hydrogen-bond acceptors (Lipinski definition) is 3. The van der Waals surface area contributed by atoms with Gasteiger partial charge in [-0.1, -0.05) is 17.7 Å². The van der Waals surface area contributed by atoms with Crippen molar-refractivity contribution in [2.75, 3.05) is 5.32 Å². The van der Waals surface area contributed by atoms with E-state index < -0.39 is 5.97 Å². The minimum atomic E-state index is -1.07. The second-order valence-electron chi connectivity index (χ2n) is 4.33. The molecule has 5 heteroatoms. The molecule has 0 bridgehead atoms. The van der Waals surface area contributed by atoms with E-state index in [1.807, 2.05) is 25.1 Å². The Labute approximate surface area is 116 Å². The summed E-state index contributed by atoms with van der Waals surface area (Å²) in [5.74, 6) is -0.528. The molecule has 0 saturated carbocycles. The zero-order chi connectivity index (χ0) is 14.0.